The first-order valence-electron chi connectivity index (χ1n) is 7.12. The molecule has 0 heterocycles. The molecule has 0 atom stereocenters. The van der Waals surface area contributed by atoms with E-state index in [-0.39, 0.29) is 12.6 Å². The van der Waals surface area contributed by atoms with Crippen molar-refractivity contribution in [1.82, 2.24) is 4.90 Å². The standard InChI is InChI=1S/C15H23ClN2O3/c1-3-4-5-8-18(9-10-19)15(20)17-14-7-6-12(21-2)11-13(14)16/h6-7,11,19H,3-5,8-10H2,1-2H3,(H,17,20). The van der Waals surface area contributed by atoms with Gasteiger partial charge in [-0.2, -0.15) is 0 Å². The van der Waals surface area contributed by atoms with Gasteiger partial charge in [-0.1, -0.05) is 31.4 Å². The zero-order valence-electron chi connectivity index (χ0n) is 12.6. The molecule has 1 aromatic rings. The predicted octanol–water partition coefficient (Wildman–Crippen LogP) is 3.37. The second-order valence-corrected chi connectivity index (χ2v) is 5.10. The van der Waals surface area contributed by atoms with Crippen molar-refractivity contribution in [2.75, 3.05) is 32.1 Å². The van der Waals surface area contributed by atoms with Crippen molar-refractivity contribution in [2.24, 2.45) is 0 Å². The number of amides is 2. The Kier molecular flexibility index (Phi) is 7.93. The van der Waals surface area contributed by atoms with Crippen LogP contribution >= 0.6 is 11.6 Å². The third kappa shape index (κ3) is 5.81. The van der Waals surface area contributed by atoms with Crippen LogP contribution in [0.15, 0.2) is 18.2 Å². The summed E-state index contributed by atoms with van der Waals surface area (Å²) in [7, 11) is 1.56. The maximum Gasteiger partial charge on any atom is 0.321 e. The zero-order valence-corrected chi connectivity index (χ0v) is 13.3. The molecule has 0 saturated heterocycles. The number of carbonyl (C=O) groups excluding carboxylic acids is 1. The molecule has 0 aliphatic carbocycles. The lowest BCUT2D eigenvalue weighted by molar-refractivity contribution is 0.187. The van der Waals surface area contributed by atoms with Crippen molar-refractivity contribution in [1.29, 1.82) is 0 Å². The first-order chi connectivity index (χ1) is 10.1. The van der Waals surface area contributed by atoms with Crippen molar-refractivity contribution in [3.63, 3.8) is 0 Å². The van der Waals surface area contributed by atoms with Gasteiger partial charge in [0.1, 0.15) is 5.75 Å². The largest absolute Gasteiger partial charge is 0.497 e. The number of ether oxygens (including phenoxy) is 1. The van der Waals surface area contributed by atoms with Gasteiger partial charge >= 0.3 is 6.03 Å². The Morgan fingerprint density at radius 1 is 1.38 bits per heavy atom. The maximum absolute atomic E-state index is 12.2. The topological polar surface area (TPSA) is 61.8 Å². The van der Waals surface area contributed by atoms with Gasteiger partial charge in [-0.05, 0) is 18.6 Å². The number of aliphatic hydroxyl groups is 1. The van der Waals surface area contributed by atoms with Gasteiger partial charge in [-0.25, -0.2) is 4.79 Å². The number of carbonyl (C=O) groups is 1. The van der Waals surface area contributed by atoms with E-state index >= 15 is 0 Å². The molecule has 0 bridgehead atoms. The van der Waals surface area contributed by atoms with Gasteiger partial charge in [-0.15, -0.1) is 0 Å². The summed E-state index contributed by atoms with van der Waals surface area (Å²) in [5.74, 6) is 0.633. The number of nitrogens with zero attached hydrogens (tertiary/aromatic N) is 1. The van der Waals surface area contributed by atoms with Crippen LogP contribution in [0.5, 0.6) is 5.75 Å². The lowest BCUT2D eigenvalue weighted by Crippen LogP contribution is -2.37. The first kappa shape index (κ1) is 17.6. The molecule has 0 aromatic heterocycles. The molecule has 1 rings (SSSR count). The molecule has 0 fully saturated rings. The summed E-state index contributed by atoms with van der Waals surface area (Å²) < 4.78 is 5.07. The summed E-state index contributed by atoms with van der Waals surface area (Å²) in [6.07, 6.45) is 3.05. The summed E-state index contributed by atoms with van der Waals surface area (Å²) in [6.45, 7) is 2.97. The maximum atomic E-state index is 12.2. The fourth-order valence-electron chi connectivity index (χ4n) is 1.91. The molecule has 0 spiro atoms. The highest BCUT2D eigenvalue weighted by Crippen LogP contribution is 2.26. The van der Waals surface area contributed by atoms with Gasteiger partial charge in [0, 0.05) is 19.2 Å². The molecule has 21 heavy (non-hydrogen) atoms. The van der Waals surface area contributed by atoms with E-state index in [2.05, 4.69) is 12.2 Å². The summed E-state index contributed by atoms with van der Waals surface area (Å²) in [5.41, 5.74) is 0.529. The Balaban J connectivity index is 2.67. The summed E-state index contributed by atoms with van der Waals surface area (Å²) in [6, 6.07) is 4.81. The fraction of sp³-hybridized carbons (Fsp3) is 0.533. The van der Waals surface area contributed by atoms with E-state index in [1.165, 1.54) is 0 Å². The minimum absolute atomic E-state index is 0.0596. The Morgan fingerprint density at radius 3 is 2.71 bits per heavy atom. The Labute approximate surface area is 130 Å². The Hall–Kier alpha value is -1.46. The molecular formula is C15H23ClN2O3. The Morgan fingerprint density at radius 2 is 2.14 bits per heavy atom. The third-order valence-electron chi connectivity index (χ3n) is 3.11. The van der Waals surface area contributed by atoms with Crippen molar-refractivity contribution < 1.29 is 14.6 Å². The highest BCUT2D eigenvalue weighted by molar-refractivity contribution is 6.33. The first-order valence-corrected chi connectivity index (χ1v) is 7.50. The van der Waals surface area contributed by atoms with E-state index in [0.717, 1.165) is 19.3 Å². The molecule has 6 heteroatoms. The third-order valence-corrected chi connectivity index (χ3v) is 3.42. The second kappa shape index (κ2) is 9.47. The number of rotatable bonds is 8. The highest BCUT2D eigenvalue weighted by atomic mass is 35.5. The van der Waals surface area contributed by atoms with E-state index in [1.807, 2.05) is 0 Å². The van der Waals surface area contributed by atoms with Gasteiger partial charge in [0.25, 0.3) is 0 Å². The van der Waals surface area contributed by atoms with E-state index in [0.29, 0.717) is 29.5 Å². The van der Waals surface area contributed by atoms with E-state index < -0.39 is 0 Å². The monoisotopic (exact) mass is 314 g/mol. The summed E-state index contributed by atoms with van der Waals surface area (Å²) in [4.78, 5) is 13.8. The molecule has 2 N–H and O–H groups in total. The number of methoxy groups -OCH3 is 1. The average Bonchev–Trinajstić information content (AvgIpc) is 2.48. The smallest absolute Gasteiger partial charge is 0.321 e. The van der Waals surface area contributed by atoms with Gasteiger partial charge in [0.2, 0.25) is 0 Å². The lowest BCUT2D eigenvalue weighted by atomic mass is 10.2. The number of halogens is 1. The normalized spacial score (nSPS) is 10.3. The van der Waals surface area contributed by atoms with Gasteiger partial charge in [0.05, 0.1) is 24.4 Å². The van der Waals surface area contributed by atoms with Crippen LogP contribution in [0, 0.1) is 0 Å². The van der Waals surface area contributed by atoms with Crippen LogP contribution in [0.3, 0.4) is 0 Å². The molecule has 1 aromatic carbocycles. The summed E-state index contributed by atoms with van der Waals surface area (Å²) >= 11 is 6.10. The van der Waals surface area contributed by atoms with Crippen LogP contribution in [0.25, 0.3) is 0 Å². The highest BCUT2D eigenvalue weighted by Gasteiger charge is 2.14. The van der Waals surface area contributed by atoms with E-state index in [1.54, 1.807) is 30.2 Å². The fourth-order valence-corrected chi connectivity index (χ4v) is 2.12. The lowest BCUT2D eigenvalue weighted by Gasteiger charge is -2.22. The zero-order chi connectivity index (χ0) is 15.7. The number of anilines is 1. The molecule has 0 aliphatic rings. The number of hydrogen-bond donors (Lipinski definition) is 2. The number of aliphatic hydroxyl groups excluding tert-OH is 1. The Bertz CT molecular complexity index is 455. The quantitative estimate of drug-likeness (QED) is 0.723. The minimum Gasteiger partial charge on any atom is -0.497 e. The van der Waals surface area contributed by atoms with Gasteiger partial charge in [0.15, 0.2) is 0 Å². The molecule has 0 aliphatic heterocycles. The molecular weight excluding hydrogens is 292 g/mol. The average molecular weight is 315 g/mol. The summed E-state index contributed by atoms with van der Waals surface area (Å²) in [5, 5.41) is 12.2. The number of benzene rings is 1. The van der Waals surface area contributed by atoms with Gasteiger partial charge in [-0.3, -0.25) is 0 Å². The predicted molar refractivity (Wildman–Crippen MR) is 85.2 cm³/mol. The second-order valence-electron chi connectivity index (χ2n) is 4.69. The van der Waals surface area contributed by atoms with Crippen molar-refractivity contribution in [3.8, 4) is 5.75 Å². The molecule has 5 nitrogen and oxygen atoms in total. The van der Waals surface area contributed by atoms with Gasteiger partial charge < -0.3 is 20.1 Å². The van der Waals surface area contributed by atoms with Crippen LogP contribution in [-0.2, 0) is 0 Å². The van der Waals surface area contributed by atoms with Crippen LogP contribution < -0.4 is 10.1 Å². The van der Waals surface area contributed by atoms with Crippen molar-refractivity contribution in [3.05, 3.63) is 23.2 Å². The number of hydrogen-bond acceptors (Lipinski definition) is 3. The van der Waals surface area contributed by atoms with Crippen LogP contribution in [0.2, 0.25) is 5.02 Å². The molecule has 0 unspecified atom stereocenters. The van der Waals surface area contributed by atoms with Crippen molar-refractivity contribution >= 4 is 23.3 Å². The van der Waals surface area contributed by atoms with E-state index in [9.17, 15) is 4.79 Å². The van der Waals surface area contributed by atoms with Crippen LogP contribution in [0.4, 0.5) is 10.5 Å². The van der Waals surface area contributed by atoms with Crippen LogP contribution in [0.1, 0.15) is 26.2 Å². The molecule has 2 amide bonds. The number of urea groups is 1. The number of unbranched alkanes of at least 4 members (excludes halogenated alkanes) is 2. The van der Waals surface area contributed by atoms with E-state index in [4.69, 9.17) is 21.4 Å². The minimum atomic E-state index is -0.257. The number of nitrogens with one attached hydrogen (secondary N) is 1. The SMILES string of the molecule is CCCCCN(CCO)C(=O)Nc1ccc(OC)cc1Cl. The molecule has 0 saturated carbocycles. The molecule has 118 valence electrons. The van der Waals surface area contributed by atoms with Crippen molar-refractivity contribution in [2.45, 2.75) is 26.2 Å². The van der Waals surface area contributed by atoms with Crippen LogP contribution in [-0.4, -0.2) is 42.8 Å². The molecule has 0 radical (unpaired) electrons.